The van der Waals surface area contributed by atoms with E-state index in [0.717, 1.165) is 12.8 Å². The Morgan fingerprint density at radius 2 is 1.86 bits per heavy atom. The van der Waals surface area contributed by atoms with Gasteiger partial charge in [-0.25, -0.2) is 9.59 Å². The first-order valence-electron chi connectivity index (χ1n) is 7.31. The summed E-state index contributed by atoms with van der Waals surface area (Å²) in [6.45, 7) is 3.26. The molecule has 1 fully saturated rings. The van der Waals surface area contributed by atoms with Crippen LogP contribution in [0.4, 0.5) is 5.69 Å². The lowest BCUT2D eigenvalue weighted by molar-refractivity contribution is -0.127. The third-order valence-corrected chi connectivity index (χ3v) is 3.81. The highest BCUT2D eigenvalue weighted by molar-refractivity contribution is 5.95. The van der Waals surface area contributed by atoms with Gasteiger partial charge in [0.2, 0.25) is 5.79 Å². The van der Waals surface area contributed by atoms with Crippen LogP contribution in [0.5, 0.6) is 5.75 Å². The van der Waals surface area contributed by atoms with Gasteiger partial charge in [0, 0.05) is 19.9 Å². The van der Waals surface area contributed by atoms with Crippen LogP contribution in [-0.2, 0) is 4.74 Å². The molecule has 1 saturated carbocycles. The number of hydrogen-bond acceptors (Lipinski definition) is 6. The van der Waals surface area contributed by atoms with Gasteiger partial charge in [-0.3, -0.25) is 0 Å². The molecule has 1 aliphatic heterocycles. The predicted octanol–water partition coefficient (Wildman–Crippen LogP) is 2.67. The van der Waals surface area contributed by atoms with Gasteiger partial charge in [0.05, 0.1) is 0 Å². The number of anilines is 1. The van der Waals surface area contributed by atoms with E-state index in [4.69, 9.17) is 13.9 Å². The van der Waals surface area contributed by atoms with Crippen LogP contribution in [0.3, 0.4) is 0 Å². The van der Waals surface area contributed by atoms with Crippen LogP contribution >= 0.6 is 0 Å². The third-order valence-electron chi connectivity index (χ3n) is 3.81. The van der Waals surface area contributed by atoms with Crippen molar-refractivity contribution in [3.63, 3.8) is 0 Å². The minimum atomic E-state index is -1.10. The number of carbonyl (C=O) groups excluding carboxylic acids is 1. The van der Waals surface area contributed by atoms with Crippen molar-refractivity contribution in [2.75, 3.05) is 5.32 Å². The standard InChI is InChI=1S/C15H19NO5/c1-15(2)20-12-10(16-9-6-4-3-5-7-9)8-19-13(17)11(12)14(18)21-15/h8-9,16H,3-7H2,1-2H3. The highest BCUT2D eigenvalue weighted by atomic mass is 16.7. The molecule has 6 heteroatoms. The summed E-state index contributed by atoms with van der Waals surface area (Å²) in [6, 6.07) is 0.306. The molecule has 0 saturated heterocycles. The molecule has 0 amide bonds. The first kappa shape index (κ1) is 14.0. The van der Waals surface area contributed by atoms with E-state index in [1.54, 1.807) is 13.8 Å². The average Bonchev–Trinajstić information content (AvgIpc) is 2.41. The fourth-order valence-corrected chi connectivity index (χ4v) is 2.84. The van der Waals surface area contributed by atoms with Crippen LogP contribution < -0.4 is 15.7 Å². The maximum atomic E-state index is 12.0. The molecule has 0 atom stereocenters. The summed E-state index contributed by atoms with van der Waals surface area (Å²) < 4.78 is 15.7. The number of nitrogens with one attached hydrogen (secondary N) is 1. The largest absolute Gasteiger partial charge is 0.449 e. The van der Waals surface area contributed by atoms with Gasteiger partial charge in [-0.1, -0.05) is 19.3 Å². The molecule has 0 aromatic carbocycles. The zero-order valence-electron chi connectivity index (χ0n) is 12.2. The number of rotatable bonds is 2. The van der Waals surface area contributed by atoms with Crippen molar-refractivity contribution in [1.82, 2.24) is 0 Å². The van der Waals surface area contributed by atoms with Gasteiger partial charge < -0.3 is 19.2 Å². The van der Waals surface area contributed by atoms with E-state index < -0.39 is 17.4 Å². The molecule has 2 aliphatic rings. The van der Waals surface area contributed by atoms with Crippen molar-refractivity contribution in [1.29, 1.82) is 0 Å². The first-order chi connectivity index (χ1) is 9.96. The Balaban J connectivity index is 1.97. The average molecular weight is 293 g/mol. The molecule has 1 N–H and O–H groups in total. The molecule has 3 rings (SSSR count). The van der Waals surface area contributed by atoms with Crippen molar-refractivity contribution >= 4 is 11.7 Å². The Morgan fingerprint density at radius 1 is 1.14 bits per heavy atom. The minimum absolute atomic E-state index is 0.171. The zero-order chi connectivity index (χ0) is 15.0. The van der Waals surface area contributed by atoms with Crippen LogP contribution in [0, 0.1) is 0 Å². The van der Waals surface area contributed by atoms with E-state index in [-0.39, 0.29) is 11.3 Å². The third kappa shape index (κ3) is 2.75. The molecule has 1 aliphatic carbocycles. The zero-order valence-corrected chi connectivity index (χ0v) is 12.2. The maximum absolute atomic E-state index is 12.0. The van der Waals surface area contributed by atoms with Gasteiger partial charge in [-0.15, -0.1) is 0 Å². The lowest BCUT2D eigenvalue weighted by Gasteiger charge is -2.33. The van der Waals surface area contributed by atoms with E-state index >= 15 is 0 Å². The monoisotopic (exact) mass is 293 g/mol. The van der Waals surface area contributed by atoms with Gasteiger partial charge in [0.1, 0.15) is 12.0 Å². The highest BCUT2D eigenvalue weighted by Gasteiger charge is 2.38. The molecule has 1 aromatic heterocycles. The molecule has 0 spiro atoms. The van der Waals surface area contributed by atoms with E-state index in [0.29, 0.717) is 11.7 Å². The smallest absolute Gasteiger partial charge is 0.354 e. The number of ether oxygens (including phenoxy) is 2. The molecule has 21 heavy (non-hydrogen) atoms. The second-order valence-corrected chi connectivity index (χ2v) is 6.01. The second-order valence-electron chi connectivity index (χ2n) is 6.01. The molecule has 0 bridgehead atoms. The van der Waals surface area contributed by atoms with Crippen LogP contribution in [0.25, 0.3) is 0 Å². The molecule has 2 heterocycles. The number of hydrogen-bond donors (Lipinski definition) is 1. The number of cyclic esters (lactones) is 1. The van der Waals surface area contributed by atoms with Crippen molar-refractivity contribution in [3.05, 3.63) is 22.2 Å². The predicted molar refractivity (Wildman–Crippen MR) is 75.6 cm³/mol. The first-order valence-corrected chi connectivity index (χ1v) is 7.31. The van der Waals surface area contributed by atoms with Crippen LogP contribution in [0.15, 0.2) is 15.5 Å². The lowest BCUT2D eigenvalue weighted by atomic mass is 9.95. The van der Waals surface area contributed by atoms with Gasteiger partial charge in [-0.2, -0.15) is 0 Å². The van der Waals surface area contributed by atoms with Gasteiger partial charge in [0.25, 0.3) is 0 Å². The Bertz CT molecular complexity index is 613. The van der Waals surface area contributed by atoms with E-state index in [2.05, 4.69) is 5.32 Å². The quantitative estimate of drug-likeness (QED) is 0.845. The molecule has 6 nitrogen and oxygen atoms in total. The minimum Gasteiger partial charge on any atom is -0.449 e. The van der Waals surface area contributed by atoms with Crippen molar-refractivity contribution in [2.45, 2.75) is 57.8 Å². The normalized spacial score (nSPS) is 21.1. The topological polar surface area (TPSA) is 77.8 Å². The second kappa shape index (κ2) is 5.09. The van der Waals surface area contributed by atoms with Crippen LogP contribution in [0.1, 0.15) is 56.3 Å². The Morgan fingerprint density at radius 3 is 2.57 bits per heavy atom. The fourth-order valence-electron chi connectivity index (χ4n) is 2.84. The van der Waals surface area contributed by atoms with Crippen LogP contribution in [0.2, 0.25) is 0 Å². The summed E-state index contributed by atoms with van der Waals surface area (Å²) in [5, 5.41) is 3.33. The number of esters is 1. The molecule has 114 valence electrons. The SMILES string of the molecule is CC1(C)OC(=O)c2c(c(NC3CCCCC3)coc2=O)O1. The Kier molecular flexibility index (Phi) is 3.39. The summed E-state index contributed by atoms with van der Waals surface area (Å²) in [4.78, 5) is 23.7. The van der Waals surface area contributed by atoms with Crippen LogP contribution in [-0.4, -0.2) is 17.8 Å². The van der Waals surface area contributed by atoms with Crippen molar-refractivity contribution in [3.8, 4) is 5.75 Å². The maximum Gasteiger partial charge on any atom is 0.354 e. The summed E-state index contributed by atoms with van der Waals surface area (Å²) in [5.41, 5.74) is -0.365. The molecular weight excluding hydrogens is 274 g/mol. The summed E-state index contributed by atoms with van der Waals surface area (Å²) in [5.74, 6) is -1.57. The number of fused-ring (bicyclic) bond motifs is 1. The summed E-state index contributed by atoms with van der Waals surface area (Å²) >= 11 is 0. The van der Waals surface area contributed by atoms with Gasteiger partial charge >= 0.3 is 11.6 Å². The van der Waals surface area contributed by atoms with Crippen molar-refractivity contribution < 1.29 is 18.7 Å². The van der Waals surface area contributed by atoms with E-state index in [1.807, 2.05) is 0 Å². The van der Waals surface area contributed by atoms with E-state index in [9.17, 15) is 9.59 Å². The van der Waals surface area contributed by atoms with Gasteiger partial charge in [0.15, 0.2) is 11.3 Å². The molecular formula is C15H19NO5. The fraction of sp³-hybridized carbons (Fsp3) is 0.600. The summed E-state index contributed by atoms with van der Waals surface area (Å²) in [7, 11) is 0. The number of carbonyl (C=O) groups is 1. The highest BCUT2D eigenvalue weighted by Crippen LogP contribution is 2.36. The summed E-state index contributed by atoms with van der Waals surface area (Å²) in [6.07, 6.45) is 7.03. The van der Waals surface area contributed by atoms with Gasteiger partial charge in [-0.05, 0) is 12.8 Å². The van der Waals surface area contributed by atoms with E-state index in [1.165, 1.54) is 25.5 Å². The molecule has 0 radical (unpaired) electrons. The Hall–Kier alpha value is -1.98. The Labute approximate surface area is 122 Å². The lowest BCUT2D eigenvalue weighted by Crippen LogP contribution is -2.41. The molecule has 1 aromatic rings. The van der Waals surface area contributed by atoms with Crippen molar-refractivity contribution in [2.24, 2.45) is 0 Å². The molecule has 0 unspecified atom stereocenters.